The molecule has 2 heterocycles. The smallest absolute Gasteiger partial charge is 0.318 e. The van der Waals surface area contributed by atoms with Crippen molar-refractivity contribution in [3.63, 3.8) is 0 Å². The quantitative estimate of drug-likeness (QED) is 0.631. The Hall–Kier alpha value is -3.28. The second-order valence-corrected chi connectivity index (χ2v) is 5.65. The number of furan rings is 1. The van der Waals surface area contributed by atoms with Crippen LogP contribution in [-0.4, -0.2) is 29.1 Å². The maximum atomic E-state index is 12.6. The van der Waals surface area contributed by atoms with Crippen LogP contribution in [-0.2, 0) is 13.1 Å². The predicted molar refractivity (Wildman–Crippen MR) is 97.5 cm³/mol. The minimum Gasteiger partial charge on any atom is -0.492 e. The zero-order valence-corrected chi connectivity index (χ0v) is 14.4. The van der Waals surface area contributed by atoms with Crippen molar-refractivity contribution in [1.29, 1.82) is 0 Å². The van der Waals surface area contributed by atoms with Gasteiger partial charge < -0.3 is 19.4 Å². The van der Waals surface area contributed by atoms with E-state index in [0.29, 0.717) is 26.2 Å². The normalized spacial score (nSPS) is 10.3. The minimum absolute atomic E-state index is 0.191. The number of aromatic nitrogens is 1. The van der Waals surface area contributed by atoms with Crippen LogP contribution in [0.1, 0.15) is 11.5 Å². The van der Waals surface area contributed by atoms with Gasteiger partial charge in [0.15, 0.2) is 0 Å². The summed E-state index contributed by atoms with van der Waals surface area (Å²) in [6.07, 6.45) is 3.31. The predicted octanol–water partition coefficient (Wildman–Crippen LogP) is 3.47. The summed E-state index contributed by atoms with van der Waals surface area (Å²) in [4.78, 5) is 18.5. The van der Waals surface area contributed by atoms with Crippen molar-refractivity contribution in [3.05, 3.63) is 84.6 Å². The molecule has 0 bridgehead atoms. The molecule has 2 aromatic heterocycles. The van der Waals surface area contributed by atoms with E-state index in [-0.39, 0.29) is 6.03 Å². The van der Waals surface area contributed by atoms with Gasteiger partial charge in [0.1, 0.15) is 18.1 Å². The monoisotopic (exact) mass is 351 g/mol. The second kappa shape index (κ2) is 9.27. The first-order chi connectivity index (χ1) is 12.8. The SMILES string of the molecule is O=C(NCCOc1ccccc1)N(Cc1ccccn1)Cc1ccco1. The molecule has 0 aliphatic rings. The van der Waals surface area contributed by atoms with Crippen molar-refractivity contribution in [2.24, 2.45) is 0 Å². The summed E-state index contributed by atoms with van der Waals surface area (Å²) in [6.45, 7) is 1.57. The van der Waals surface area contributed by atoms with Gasteiger partial charge in [0.25, 0.3) is 0 Å². The molecule has 0 fully saturated rings. The maximum absolute atomic E-state index is 12.6. The lowest BCUT2D eigenvalue weighted by Crippen LogP contribution is -2.40. The van der Waals surface area contributed by atoms with Crippen LogP contribution in [0.3, 0.4) is 0 Å². The number of hydrogen-bond acceptors (Lipinski definition) is 4. The highest BCUT2D eigenvalue weighted by molar-refractivity contribution is 5.74. The van der Waals surface area contributed by atoms with E-state index in [2.05, 4.69) is 10.3 Å². The van der Waals surface area contributed by atoms with E-state index in [9.17, 15) is 4.79 Å². The molecule has 26 heavy (non-hydrogen) atoms. The van der Waals surface area contributed by atoms with Gasteiger partial charge in [-0.05, 0) is 36.4 Å². The number of carbonyl (C=O) groups excluding carboxylic acids is 1. The number of benzene rings is 1. The average Bonchev–Trinajstić information content (AvgIpc) is 3.19. The number of amides is 2. The van der Waals surface area contributed by atoms with E-state index in [1.54, 1.807) is 23.4 Å². The number of para-hydroxylation sites is 1. The number of carbonyl (C=O) groups is 1. The fourth-order valence-electron chi connectivity index (χ4n) is 2.43. The van der Waals surface area contributed by atoms with E-state index < -0.39 is 0 Å². The Morgan fingerprint density at radius 3 is 2.62 bits per heavy atom. The highest BCUT2D eigenvalue weighted by Gasteiger charge is 2.16. The van der Waals surface area contributed by atoms with E-state index in [1.807, 2.05) is 54.6 Å². The number of nitrogens with one attached hydrogen (secondary N) is 1. The molecule has 0 saturated carbocycles. The zero-order chi connectivity index (χ0) is 18.0. The first-order valence-corrected chi connectivity index (χ1v) is 8.44. The summed E-state index contributed by atoms with van der Waals surface area (Å²) in [5.74, 6) is 1.50. The highest BCUT2D eigenvalue weighted by atomic mass is 16.5. The van der Waals surface area contributed by atoms with Crippen molar-refractivity contribution in [3.8, 4) is 5.75 Å². The first kappa shape index (κ1) is 17.5. The topological polar surface area (TPSA) is 67.6 Å². The van der Waals surface area contributed by atoms with Crippen LogP contribution in [0.15, 0.2) is 77.5 Å². The largest absolute Gasteiger partial charge is 0.492 e. The Morgan fingerprint density at radius 2 is 1.88 bits per heavy atom. The van der Waals surface area contributed by atoms with E-state index >= 15 is 0 Å². The standard InChI is InChI=1S/C20H21N3O3/c24-20(22-12-14-26-18-8-2-1-3-9-18)23(16-19-10-6-13-25-19)15-17-7-4-5-11-21-17/h1-11,13H,12,14-16H2,(H,22,24). The van der Waals surface area contributed by atoms with Gasteiger partial charge in [-0.25, -0.2) is 4.79 Å². The molecule has 0 unspecified atom stereocenters. The van der Waals surface area contributed by atoms with Crippen LogP contribution >= 0.6 is 0 Å². The molecule has 134 valence electrons. The molecular weight excluding hydrogens is 330 g/mol. The third-order valence-corrected chi connectivity index (χ3v) is 3.68. The molecule has 3 rings (SSSR count). The summed E-state index contributed by atoms with van der Waals surface area (Å²) in [5.41, 5.74) is 0.815. The Balaban J connectivity index is 1.53. The number of nitrogens with zero attached hydrogens (tertiary/aromatic N) is 2. The lowest BCUT2D eigenvalue weighted by Gasteiger charge is -2.22. The van der Waals surface area contributed by atoms with Crippen molar-refractivity contribution < 1.29 is 13.9 Å². The van der Waals surface area contributed by atoms with Gasteiger partial charge in [0, 0.05) is 6.20 Å². The summed E-state index contributed by atoms with van der Waals surface area (Å²) < 4.78 is 11.0. The summed E-state index contributed by atoms with van der Waals surface area (Å²) in [7, 11) is 0. The molecular formula is C20H21N3O3. The molecule has 1 N–H and O–H groups in total. The Bertz CT molecular complexity index is 777. The molecule has 0 spiro atoms. The Labute approximate surface area is 152 Å². The highest BCUT2D eigenvalue weighted by Crippen LogP contribution is 2.10. The van der Waals surface area contributed by atoms with Crippen LogP contribution in [0.4, 0.5) is 4.79 Å². The van der Waals surface area contributed by atoms with E-state index in [0.717, 1.165) is 17.2 Å². The van der Waals surface area contributed by atoms with Gasteiger partial charge in [-0.1, -0.05) is 24.3 Å². The molecule has 6 heteroatoms. The second-order valence-electron chi connectivity index (χ2n) is 5.65. The molecule has 2 amide bonds. The third kappa shape index (κ3) is 5.37. The molecule has 0 radical (unpaired) electrons. The number of ether oxygens (including phenoxy) is 1. The van der Waals surface area contributed by atoms with Crippen molar-refractivity contribution >= 4 is 6.03 Å². The molecule has 0 aliphatic carbocycles. The van der Waals surface area contributed by atoms with E-state index in [4.69, 9.17) is 9.15 Å². The fourth-order valence-corrected chi connectivity index (χ4v) is 2.43. The van der Waals surface area contributed by atoms with Gasteiger partial charge in [0.05, 0.1) is 31.6 Å². The molecule has 1 aromatic carbocycles. The molecule has 3 aromatic rings. The molecule has 0 saturated heterocycles. The maximum Gasteiger partial charge on any atom is 0.318 e. The Morgan fingerprint density at radius 1 is 1.04 bits per heavy atom. The molecule has 0 atom stereocenters. The first-order valence-electron chi connectivity index (χ1n) is 8.44. The van der Waals surface area contributed by atoms with Crippen molar-refractivity contribution in [1.82, 2.24) is 15.2 Å². The van der Waals surface area contributed by atoms with Gasteiger partial charge in [-0.3, -0.25) is 4.98 Å². The van der Waals surface area contributed by atoms with Crippen LogP contribution in [0.5, 0.6) is 5.75 Å². The van der Waals surface area contributed by atoms with Crippen molar-refractivity contribution in [2.75, 3.05) is 13.2 Å². The number of urea groups is 1. The molecule has 6 nitrogen and oxygen atoms in total. The lowest BCUT2D eigenvalue weighted by molar-refractivity contribution is 0.184. The van der Waals surface area contributed by atoms with Gasteiger partial charge in [-0.15, -0.1) is 0 Å². The van der Waals surface area contributed by atoms with Gasteiger partial charge in [0.2, 0.25) is 0 Å². The summed E-state index contributed by atoms with van der Waals surface area (Å²) in [5, 5.41) is 2.88. The van der Waals surface area contributed by atoms with Crippen LogP contribution in [0.2, 0.25) is 0 Å². The fraction of sp³-hybridized carbons (Fsp3) is 0.200. The van der Waals surface area contributed by atoms with Gasteiger partial charge in [-0.2, -0.15) is 0 Å². The minimum atomic E-state index is -0.191. The number of hydrogen-bond donors (Lipinski definition) is 1. The Kier molecular flexibility index (Phi) is 6.25. The average molecular weight is 351 g/mol. The molecule has 0 aliphatic heterocycles. The number of rotatable bonds is 8. The summed E-state index contributed by atoms with van der Waals surface area (Å²) >= 11 is 0. The van der Waals surface area contributed by atoms with Crippen molar-refractivity contribution in [2.45, 2.75) is 13.1 Å². The van der Waals surface area contributed by atoms with Crippen LogP contribution < -0.4 is 10.1 Å². The zero-order valence-electron chi connectivity index (χ0n) is 14.4. The third-order valence-electron chi connectivity index (χ3n) is 3.68. The van der Waals surface area contributed by atoms with Crippen LogP contribution in [0, 0.1) is 0 Å². The van der Waals surface area contributed by atoms with E-state index in [1.165, 1.54) is 0 Å². The number of pyridine rings is 1. The lowest BCUT2D eigenvalue weighted by atomic mass is 10.3. The van der Waals surface area contributed by atoms with Crippen LogP contribution in [0.25, 0.3) is 0 Å². The summed E-state index contributed by atoms with van der Waals surface area (Å²) in [6, 6.07) is 18.6. The van der Waals surface area contributed by atoms with Gasteiger partial charge >= 0.3 is 6.03 Å².